The summed E-state index contributed by atoms with van der Waals surface area (Å²) in [5.41, 5.74) is 0.710. The first-order valence-corrected chi connectivity index (χ1v) is 7.29. The first-order valence-electron chi connectivity index (χ1n) is 6.53. The van der Waals surface area contributed by atoms with Crippen molar-refractivity contribution in [3.63, 3.8) is 0 Å². The molecule has 2 N–H and O–H groups in total. The number of aliphatic hydroxyl groups is 1. The number of hydrogen-bond acceptors (Lipinski definition) is 2. The standard InChI is InChI=1S/C14H18Cl2FNO/c1-8(18-7-9-2-3-10(19)4-9)11-5-14(17)13(16)6-12(11)15/h5-6,8-10,18-19H,2-4,7H2,1H3. The first kappa shape index (κ1) is 15.0. The van der Waals surface area contributed by atoms with E-state index in [4.69, 9.17) is 23.2 Å². The second-order valence-corrected chi connectivity index (χ2v) is 6.07. The maximum atomic E-state index is 13.5. The van der Waals surface area contributed by atoms with E-state index >= 15 is 0 Å². The van der Waals surface area contributed by atoms with Gasteiger partial charge in [-0.05, 0) is 56.3 Å². The zero-order valence-corrected chi connectivity index (χ0v) is 12.3. The van der Waals surface area contributed by atoms with Crippen molar-refractivity contribution in [1.29, 1.82) is 0 Å². The van der Waals surface area contributed by atoms with Gasteiger partial charge in [0.1, 0.15) is 5.82 Å². The summed E-state index contributed by atoms with van der Waals surface area (Å²) in [6.07, 6.45) is 2.57. The van der Waals surface area contributed by atoms with Crippen LogP contribution in [0.15, 0.2) is 12.1 Å². The molecule has 0 saturated heterocycles. The predicted molar refractivity (Wildman–Crippen MR) is 76.2 cm³/mol. The zero-order valence-electron chi connectivity index (χ0n) is 10.8. The molecule has 1 aromatic rings. The van der Waals surface area contributed by atoms with Crippen molar-refractivity contribution in [1.82, 2.24) is 5.32 Å². The van der Waals surface area contributed by atoms with Crippen molar-refractivity contribution in [3.05, 3.63) is 33.6 Å². The van der Waals surface area contributed by atoms with Crippen LogP contribution >= 0.6 is 23.2 Å². The van der Waals surface area contributed by atoms with E-state index in [1.165, 1.54) is 12.1 Å². The van der Waals surface area contributed by atoms with E-state index in [1.54, 1.807) is 0 Å². The molecule has 0 bridgehead atoms. The zero-order chi connectivity index (χ0) is 14.0. The van der Waals surface area contributed by atoms with Gasteiger partial charge in [-0.1, -0.05) is 23.2 Å². The molecule has 0 spiro atoms. The monoisotopic (exact) mass is 305 g/mol. The third-order valence-corrected chi connectivity index (χ3v) is 4.35. The summed E-state index contributed by atoms with van der Waals surface area (Å²) in [5, 5.41) is 13.3. The van der Waals surface area contributed by atoms with Crippen molar-refractivity contribution in [2.45, 2.75) is 38.3 Å². The van der Waals surface area contributed by atoms with Crippen LogP contribution in [-0.2, 0) is 0 Å². The van der Waals surface area contributed by atoms with Gasteiger partial charge in [-0.25, -0.2) is 4.39 Å². The minimum absolute atomic E-state index is 0.0415. The molecule has 0 aliphatic heterocycles. The molecule has 1 aliphatic rings. The molecule has 2 nitrogen and oxygen atoms in total. The van der Waals surface area contributed by atoms with Crippen molar-refractivity contribution < 1.29 is 9.50 Å². The third kappa shape index (κ3) is 3.82. The van der Waals surface area contributed by atoms with Crippen LogP contribution in [0.3, 0.4) is 0 Å². The van der Waals surface area contributed by atoms with Gasteiger partial charge < -0.3 is 10.4 Å². The lowest BCUT2D eigenvalue weighted by Crippen LogP contribution is -2.25. The van der Waals surface area contributed by atoms with E-state index < -0.39 is 5.82 Å². The van der Waals surface area contributed by atoms with Gasteiger partial charge in [0.05, 0.1) is 11.1 Å². The molecule has 5 heteroatoms. The Bertz CT molecular complexity index is 455. The summed E-state index contributed by atoms with van der Waals surface area (Å²) in [7, 11) is 0. The van der Waals surface area contributed by atoms with Gasteiger partial charge in [0, 0.05) is 11.1 Å². The van der Waals surface area contributed by atoms with Crippen LogP contribution in [0, 0.1) is 11.7 Å². The number of halogens is 3. The maximum absolute atomic E-state index is 13.5. The summed E-state index contributed by atoms with van der Waals surface area (Å²) in [6.45, 7) is 2.75. The fourth-order valence-corrected chi connectivity index (χ4v) is 3.10. The number of hydrogen-bond donors (Lipinski definition) is 2. The Labute approximate surface area is 122 Å². The van der Waals surface area contributed by atoms with Gasteiger partial charge in [0.25, 0.3) is 0 Å². The molecule has 1 fully saturated rings. The molecule has 3 atom stereocenters. The molecular weight excluding hydrogens is 288 g/mol. The third-order valence-electron chi connectivity index (χ3n) is 3.73. The van der Waals surface area contributed by atoms with Gasteiger partial charge in [-0.15, -0.1) is 0 Å². The highest BCUT2D eigenvalue weighted by atomic mass is 35.5. The smallest absolute Gasteiger partial charge is 0.142 e. The van der Waals surface area contributed by atoms with Crippen molar-refractivity contribution in [3.8, 4) is 0 Å². The molecule has 0 heterocycles. The normalized spacial score (nSPS) is 24.7. The summed E-state index contributed by atoms with van der Waals surface area (Å²) >= 11 is 11.8. The van der Waals surface area contributed by atoms with Crippen molar-refractivity contribution in [2.75, 3.05) is 6.54 Å². The van der Waals surface area contributed by atoms with Crippen LogP contribution in [0.4, 0.5) is 4.39 Å². The van der Waals surface area contributed by atoms with Crippen molar-refractivity contribution in [2.24, 2.45) is 5.92 Å². The average molecular weight is 306 g/mol. The molecule has 19 heavy (non-hydrogen) atoms. The molecule has 1 aliphatic carbocycles. The number of nitrogens with one attached hydrogen (secondary N) is 1. The van der Waals surface area contributed by atoms with E-state index in [1.807, 2.05) is 6.92 Å². The second-order valence-electron chi connectivity index (χ2n) is 5.25. The molecule has 0 aromatic heterocycles. The molecule has 1 aromatic carbocycles. The molecule has 2 rings (SSSR count). The Morgan fingerprint density at radius 1 is 1.37 bits per heavy atom. The van der Waals surface area contributed by atoms with Crippen LogP contribution < -0.4 is 5.32 Å². The predicted octanol–water partition coefficient (Wildman–Crippen LogP) is 3.94. The fraction of sp³-hybridized carbons (Fsp3) is 0.571. The Hall–Kier alpha value is -0.350. The summed E-state index contributed by atoms with van der Waals surface area (Å²) in [5.74, 6) is 0.0272. The van der Waals surface area contributed by atoms with Gasteiger partial charge in [-0.3, -0.25) is 0 Å². The minimum atomic E-state index is -0.453. The largest absolute Gasteiger partial charge is 0.393 e. The molecule has 106 valence electrons. The number of aliphatic hydroxyl groups excluding tert-OH is 1. The van der Waals surface area contributed by atoms with E-state index in [9.17, 15) is 9.50 Å². The second kappa shape index (κ2) is 6.40. The van der Waals surface area contributed by atoms with E-state index in [0.29, 0.717) is 16.5 Å². The van der Waals surface area contributed by atoms with Crippen molar-refractivity contribution >= 4 is 23.2 Å². The Morgan fingerprint density at radius 3 is 2.74 bits per heavy atom. The van der Waals surface area contributed by atoms with Gasteiger partial charge in [0.2, 0.25) is 0 Å². The Balaban J connectivity index is 1.96. The highest BCUT2D eigenvalue weighted by Crippen LogP contribution is 2.30. The lowest BCUT2D eigenvalue weighted by molar-refractivity contribution is 0.177. The van der Waals surface area contributed by atoms with Crippen LogP contribution in [0.25, 0.3) is 0 Å². The SMILES string of the molecule is CC(NCC1CCC(O)C1)c1cc(F)c(Cl)cc1Cl. The molecular formula is C14H18Cl2FNO. The molecule has 0 radical (unpaired) electrons. The van der Waals surface area contributed by atoms with E-state index in [0.717, 1.165) is 25.8 Å². The van der Waals surface area contributed by atoms with Gasteiger partial charge in [-0.2, -0.15) is 0 Å². The number of rotatable bonds is 4. The fourth-order valence-electron chi connectivity index (χ4n) is 2.56. The Kier molecular flexibility index (Phi) is 5.07. The summed E-state index contributed by atoms with van der Waals surface area (Å²) < 4.78 is 13.5. The van der Waals surface area contributed by atoms with Crippen LogP contribution in [0.2, 0.25) is 10.0 Å². The minimum Gasteiger partial charge on any atom is -0.393 e. The maximum Gasteiger partial charge on any atom is 0.142 e. The van der Waals surface area contributed by atoms with Gasteiger partial charge >= 0.3 is 0 Å². The lowest BCUT2D eigenvalue weighted by Gasteiger charge is -2.19. The van der Waals surface area contributed by atoms with E-state index in [-0.39, 0.29) is 17.2 Å². The number of benzene rings is 1. The summed E-state index contributed by atoms with van der Waals surface area (Å²) in [4.78, 5) is 0. The van der Waals surface area contributed by atoms with E-state index in [2.05, 4.69) is 5.32 Å². The average Bonchev–Trinajstić information content (AvgIpc) is 2.77. The lowest BCUT2D eigenvalue weighted by atomic mass is 10.1. The summed E-state index contributed by atoms with van der Waals surface area (Å²) in [6, 6.07) is 2.77. The van der Waals surface area contributed by atoms with Gasteiger partial charge in [0.15, 0.2) is 0 Å². The van der Waals surface area contributed by atoms with Crippen LogP contribution in [0.5, 0.6) is 0 Å². The molecule has 1 saturated carbocycles. The highest BCUT2D eigenvalue weighted by Gasteiger charge is 2.23. The van der Waals surface area contributed by atoms with Crippen LogP contribution in [-0.4, -0.2) is 17.8 Å². The van der Waals surface area contributed by atoms with Crippen LogP contribution in [0.1, 0.15) is 37.8 Å². The first-order chi connectivity index (χ1) is 8.97. The quantitative estimate of drug-likeness (QED) is 0.826. The molecule has 0 amide bonds. The Morgan fingerprint density at radius 2 is 2.11 bits per heavy atom. The topological polar surface area (TPSA) is 32.3 Å². The highest BCUT2D eigenvalue weighted by molar-refractivity contribution is 6.35. The molecule has 3 unspecified atom stereocenters.